The van der Waals surface area contributed by atoms with Crippen LogP contribution in [-0.2, 0) is 37.4 Å². The van der Waals surface area contributed by atoms with E-state index < -0.39 is 0 Å². The van der Waals surface area contributed by atoms with Crippen molar-refractivity contribution in [1.82, 2.24) is 4.98 Å². The summed E-state index contributed by atoms with van der Waals surface area (Å²) >= 11 is 1.67. The van der Waals surface area contributed by atoms with E-state index in [1.54, 1.807) is 18.4 Å². The quantitative estimate of drug-likeness (QED) is 0.771. The van der Waals surface area contributed by atoms with Crippen molar-refractivity contribution in [3.63, 3.8) is 0 Å². The van der Waals surface area contributed by atoms with Crippen LogP contribution in [0.2, 0.25) is 0 Å². The summed E-state index contributed by atoms with van der Waals surface area (Å²) in [5.41, 5.74) is 2.21. The molecule has 1 rings (SSSR count). The van der Waals surface area contributed by atoms with Gasteiger partial charge in [-0.05, 0) is 31.9 Å². The minimum atomic E-state index is 0. The molecule has 0 aliphatic heterocycles. The molecule has 1 radical (unpaired) electrons. The van der Waals surface area contributed by atoms with E-state index in [0.29, 0.717) is 0 Å². The fourth-order valence-electron chi connectivity index (χ4n) is 1.47. The standard InChI is InChI=1S/C13H18NOS.Y/c1-5-6-7-13(15-4)10(2)8-12-9-16-11(3)14-12;/h6,8-9,13H,7H2,1-4H3;/q-1;/b10-8+;. The first-order valence-corrected chi connectivity index (χ1v) is 6.17. The molecule has 0 bridgehead atoms. The fourth-order valence-corrected chi connectivity index (χ4v) is 2.04. The summed E-state index contributed by atoms with van der Waals surface area (Å²) < 4.78 is 5.43. The second kappa shape index (κ2) is 9.15. The summed E-state index contributed by atoms with van der Waals surface area (Å²) in [7, 11) is 1.73. The Labute approximate surface area is 133 Å². The molecule has 0 saturated carbocycles. The Morgan fingerprint density at radius 3 is 2.82 bits per heavy atom. The Morgan fingerprint density at radius 2 is 2.35 bits per heavy atom. The maximum atomic E-state index is 5.43. The number of nitrogens with zero attached hydrogens (tertiary/aromatic N) is 1. The van der Waals surface area contributed by atoms with Gasteiger partial charge in [0.05, 0.1) is 16.8 Å². The summed E-state index contributed by atoms with van der Waals surface area (Å²) in [6, 6.07) is 0. The number of hydrogen-bond acceptors (Lipinski definition) is 3. The number of rotatable bonds is 5. The van der Waals surface area contributed by atoms with Gasteiger partial charge in [-0.1, -0.05) is 0 Å². The Bertz CT molecular complexity index is 385. The molecular weight excluding hydrogens is 307 g/mol. The molecule has 0 aliphatic rings. The number of thiazole rings is 1. The minimum absolute atomic E-state index is 0. The van der Waals surface area contributed by atoms with E-state index in [0.717, 1.165) is 17.1 Å². The molecule has 1 aromatic heterocycles. The van der Waals surface area contributed by atoms with Crippen molar-refractivity contribution in [3.05, 3.63) is 33.8 Å². The van der Waals surface area contributed by atoms with Gasteiger partial charge in [0.1, 0.15) is 0 Å². The van der Waals surface area contributed by atoms with Crippen LogP contribution in [0.3, 0.4) is 0 Å². The van der Waals surface area contributed by atoms with E-state index in [1.807, 2.05) is 19.9 Å². The van der Waals surface area contributed by atoms with E-state index in [2.05, 4.69) is 29.4 Å². The van der Waals surface area contributed by atoms with Crippen molar-refractivity contribution in [2.24, 2.45) is 0 Å². The number of aromatic nitrogens is 1. The molecule has 0 fully saturated rings. The maximum Gasteiger partial charge on any atom is 0.0901 e. The Morgan fingerprint density at radius 1 is 1.65 bits per heavy atom. The molecule has 0 N–H and O–H groups in total. The van der Waals surface area contributed by atoms with Crippen molar-refractivity contribution >= 4 is 17.4 Å². The average molecular weight is 325 g/mol. The third-order valence-corrected chi connectivity index (χ3v) is 3.13. The van der Waals surface area contributed by atoms with Crippen LogP contribution in [0.25, 0.3) is 6.08 Å². The Kier molecular flexibility index (Phi) is 9.24. The number of aryl methyl sites for hydroxylation is 1. The molecule has 4 heteroatoms. The van der Waals surface area contributed by atoms with Gasteiger partial charge in [-0.15, -0.1) is 11.3 Å². The molecule has 0 saturated heterocycles. The van der Waals surface area contributed by atoms with Crippen LogP contribution in [0.15, 0.2) is 17.0 Å². The van der Waals surface area contributed by atoms with Crippen LogP contribution in [-0.4, -0.2) is 18.2 Å². The predicted molar refractivity (Wildman–Crippen MR) is 69.4 cm³/mol. The monoisotopic (exact) mass is 325 g/mol. The number of methoxy groups -OCH3 is 1. The normalized spacial score (nSPS) is 13.8. The fraction of sp³-hybridized carbons (Fsp3) is 0.462. The van der Waals surface area contributed by atoms with Crippen molar-refractivity contribution in [2.45, 2.75) is 33.3 Å². The molecule has 1 aromatic rings. The molecule has 0 amide bonds. The van der Waals surface area contributed by atoms with Gasteiger partial charge in [-0.25, -0.2) is 4.98 Å². The second-order valence-electron chi connectivity index (χ2n) is 3.63. The van der Waals surface area contributed by atoms with E-state index in [9.17, 15) is 0 Å². The van der Waals surface area contributed by atoms with Crippen LogP contribution >= 0.6 is 11.3 Å². The molecule has 1 unspecified atom stereocenters. The molecule has 0 aromatic carbocycles. The van der Waals surface area contributed by atoms with Gasteiger partial charge >= 0.3 is 0 Å². The number of hydrogen-bond donors (Lipinski definition) is 0. The van der Waals surface area contributed by atoms with Gasteiger partial charge < -0.3 is 10.8 Å². The van der Waals surface area contributed by atoms with Crippen LogP contribution in [0.5, 0.6) is 0 Å². The molecule has 0 aliphatic carbocycles. The Balaban J connectivity index is 0.00000256. The summed E-state index contributed by atoms with van der Waals surface area (Å²) in [5.74, 6) is 0. The topological polar surface area (TPSA) is 22.1 Å². The molecule has 1 atom stereocenters. The molecule has 1 heterocycles. The van der Waals surface area contributed by atoms with E-state index in [4.69, 9.17) is 4.74 Å². The van der Waals surface area contributed by atoms with Crippen molar-refractivity contribution in [3.8, 4) is 0 Å². The first-order chi connectivity index (χ1) is 7.67. The second-order valence-corrected chi connectivity index (χ2v) is 4.69. The zero-order valence-electron chi connectivity index (χ0n) is 10.9. The van der Waals surface area contributed by atoms with Gasteiger partial charge in [-0.3, -0.25) is 6.08 Å². The van der Waals surface area contributed by atoms with Crippen LogP contribution in [0.4, 0.5) is 0 Å². The van der Waals surface area contributed by atoms with Gasteiger partial charge in [0.25, 0.3) is 0 Å². The molecule has 2 nitrogen and oxygen atoms in total. The van der Waals surface area contributed by atoms with Crippen LogP contribution in [0.1, 0.15) is 31.0 Å². The first kappa shape index (κ1) is 17.2. The zero-order valence-corrected chi connectivity index (χ0v) is 14.5. The minimum Gasteiger partial charge on any atom is -0.504 e. The predicted octanol–water partition coefficient (Wildman–Crippen LogP) is 3.64. The number of allylic oxidation sites excluding steroid dienone is 1. The maximum absolute atomic E-state index is 5.43. The van der Waals surface area contributed by atoms with Crippen molar-refractivity contribution in [2.75, 3.05) is 7.11 Å². The molecule has 91 valence electrons. The summed E-state index contributed by atoms with van der Waals surface area (Å²) in [5, 5.41) is 3.16. The number of ether oxygens (including phenoxy) is 1. The van der Waals surface area contributed by atoms with E-state index in [1.165, 1.54) is 5.57 Å². The van der Waals surface area contributed by atoms with Gasteiger partial charge in [-0.2, -0.15) is 6.92 Å². The van der Waals surface area contributed by atoms with Gasteiger partial charge in [0.15, 0.2) is 0 Å². The smallest absolute Gasteiger partial charge is 0.0901 e. The largest absolute Gasteiger partial charge is 0.504 e. The zero-order chi connectivity index (χ0) is 12.0. The summed E-state index contributed by atoms with van der Waals surface area (Å²) in [6.07, 6.45) is 8.07. The van der Waals surface area contributed by atoms with Crippen LogP contribution < -0.4 is 0 Å². The molecular formula is C13H18NOSY-. The van der Waals surface area contributed by atoms with E-state index in [-0.39, 0.29) is 38.8 Å². The third kappa shape index (κ3) is 6.05. The van der Waals surface area contributed by atoms with Crippen LogP contribution in [0, 0.1) is 13.0 Å². The first-order valence-electron chi connectivity index (χ1n) is 5.29. The molecule has 0 spiro atoms. The Hall–Kier alpha value is 0.174. The van der Waals surface area contributed by atoms with Crippen molar-refractivity contribution < 1.29 is 37.4 Å². The average Bonchev–Trinajstić information content (AvgIpc) is 2.65. The summed E-state index contributed by atoms with van der Waals surface area (Å²) in [6.45, 7) is 5.99. The van der Waals surface area contributed by atoms with Gasteiger partial charge in [0.2, 0.25) is 0 Å². The summed E-state index contributed by atoms with van der Waals surface area (Å²) in [4.78, 5) is 4.41. The molecule has 17 heavy (non-hydrogen) atoms. The SMILES string of the molecule is C[C-]=CCC(OC)/C(C)=C/c1csc(C)n1.[Y]. The third-order valence-electron chi connectivity index (χ3n) is 2.34. The van der Waals surface area contributed by atoms with E-state index >= 15 is 0 Å². The van der Waals surface area contributed by atoms with Gasteiger partial charge in [0, 0.05) is 45.2 Å². The van der Waals surface area contributed by atoms with Crippen molar-refractivity contribution in [1.29, 1.82) is 0 Å².